The summed E-state index contributed by atoms with van der Waals surface area (Å²) in [4.78, 5) is 14.9. The number of carbonyl (C=O) groups excluding carboxylic acids is 1. The summed E-state index contributed by atoms with van der Waals surface area (Å²) in [5.74, 6) is 2.40. The molecule has 28 heavy (non-hydrogen) atoms. The van der Waals surface area contributed by atoms with Crippen LogP contribution in [0.3, 0.4) is 0 Å². The molecule has 9 heteroatoms. The van der Waals surface area contributed by atoms with Crippen molar-refractivity contribution in [2.75, 3.05) is 13.1 Å². The second kappa shape index (κ2) is 6.37. The normalized spacial score (nSPS) is 21.8. The van der Waals surface area contributed by atoms with Gasteiger partial charge in [-0.1, -0.05) is 13.8 Å². The van der Waals surface area contributed by atoms with Crippen LogP contribution in [-0.4, -0.2) is 59.7 Å². The van der Waals surface area contributed by atoms with Gasteiger partial charge < -0.3 is 14.2 Å². The van der Waals surface area contributed by atoms with Crippen molar-refractivity contribution in [2.45, 2.75) is 45.4 Å². The lowest BCUT2D eigenvalue weighted by atomic mass is 10.0. The molecule has 9 nitrogen and oxygen atoms in total. The van der Waals surface area contributed by atoms with E-state index in [0.29, 0.717) is 43.2 Å². The van der Waals surface area contributed by atoms with Gasteiger partial charge in [0.05, 0.1) is 13.1 Å². The van der Waals surface area contributed by atoms with Crippen LogP contribution >= 0.6 is 0 Å². The van der Waals surface area contributed by atoms with Crippen molar-refractivity contribution in [1.29, 1.82) is 0 Å². The molecule has 2 aliphatic rings. The first-order valence-corrected chi connectivity index (χ1v) is 9.68. The number of nitrogens with one attached hydrogen (secondary N) is 1. The molecule has 0 radical (unpaired) electrons. The van der Waals surface area contributed by atoms with Gasteiger partial charge in [0.15, 0.2) is 5.82 Å². The van der Waals surface area contributed by atoms with Gasteiger partial charge in [0.2, 0.25) is 0 Å². The lowest BCUT2D eigenvalue weighted by molar-refractivity contribution is -0.0815. The maximum Gasteiger partial charge on any atom is 0.254 e. The highest BCUT2D eigenvalue weighted by atomic mass is 16.5. The van der Waals surface area contributed by atoms with E-state index in [2.05, 4.69) is 44.0 Å². The second-order valence-corrected chi connectivity index (χ2v) is 8.19. The molecule has 2 aliphatic heterocycles. The third-order valence-electron chi connectivity index (χ3n) is 5.62. The van der Waals surface area contributed by atoms with Gasteiger partial charge in [0, 0.05) is 18.5 Å². The van der Waals surface area contributed by atoms with Crippen molar-refractivity contribution in [3.05, 3.63) is 35.4 Å². The summed E-state index contributed by atoms with van der Waals surface area (Å²) in [5.41, 5.74) is 1.71. The molecule has 3 aromatic rings. The molecule has 1 amide bonds. The zero-order valence-electron chi connectivity index (χ0n) is 16.1. The predicted octanol–water partition coefficient (Wildman–Crippen LogP) is 1.56. The van der Waals surface area contributed by atoms with E-state index < -0.39 is 0 Å². The molecule has 146 valence electrons. The summed E-state index contributed by atoms with van der Waals surface area (Å²) in [6.07, 6.45) is 1.70. The van der Waals surface area contributed by atoms with E-state index >= 15 is 0 Å². The van der Waals surface area contributed by atoms with Crippen LogP contribution in [0.25, 0.3) is 11.0 Å². The van der Waals surface area contributed by atoms with E-state index in [4.69, 9.17) is 4.74 Å². The van der Waals surface area contributed by atoms with Gasteiger partial charge in [-0.3, -0.25) is 4.79 Å². The zero-order chi connectivity index (χ0) is 19.3. The number of likely N-dealkylation sites (tertiary alicyclic amines) is 1. The lowest BCUT2D eigenvalue weighted by Crippen LogP contribution is -2.45. The van der Waals surface area contributed by atoms with E-state index in [0.717, 1.165) is 30.0 Å². The van der Waals surface area contributed by atoms with Crippen LogP contribution in [0.5, 0.6) is 0 Å². The Labute approximate surface area is 162 Å². The second-order valence-electron chi connectivity index (χ2n) is 8.19. The van der Waals surface area contributed by atoms with Gasteiger partial charge >= 0.3 is 0 Å². The average Bonchev–Trinajstić information content (AvgIpc) is 3.40. The fraction of sp³-hybridized carbons (Fsp3) is 0.526. The van der Waals surface area contributed by atoms with Crippen molar-refractivity contribution in [2.24, 2.45) is 5.92 Å². The molecule has 0 bridgehead atoms. The smallest absolute Gasteiger partial charge is 0.254 e. The highest BCUT2D eigenvalue weighted by molar-refractivity contribution is 5.97. The fourth-order valence-electron chi connectivity index (χ4n) is 4.15. The topological polar surface area (TPSA) is 102 Å². The van der Waals surface area contributed by atoms with E-state index in [-0.39, 0.29) is 11.5 Å². The number of aromatic nitrogens is 6. The van der Waals surface area contributed by atoms with Crippen LogP contribution in [0.1, 0.15) is 42.3 Å². The Kier molecular flexibility index (Phi) is 3.94. The van der Waals surface area contributed by atoms with Crippen molar-refractivity contribution < 1.29 is 9.53 Å². The SMILES string of the molecule is CC(C)Cc1nnc2n1CC1(CCN(C(=O)c3ccc4n[nH]nc4c3)C1)OC2. The Balaban J connectivity index is 1.35. The van der Waals surface area contributed by atoms with Gasteiger partial charge in [-0.05, 0) is 30.5 Å². The molecule has 1 saturated heterocycles. The van der Waals surface area contributed by atoms with Gasteiger partial charge in [-0.2, -0.15) is 15.4 Å². The summed E-state index contributed by atoms with van der Waals surface area (Å²) < 4.78 is 8.39. The number of benzene rings is 1. The minimum Gasteiger partial charge on any atom is -0.363 e. The number of nitrogens with zero attached hydrogens (tertiary/aromatic N) is 6. The number of H-pyrrole nitrogens is 1. The molecular formula is C19H23N7O2. The molecule has 0 saturated carbocycles. The highest BCUT2D eigenvalue weighted by Crippen LogP contribution is 2.33. The minimum atomic E-state index is -0.366. The number of rotatable bonds is 3. The molecule has 1 aromatic carbocycles. The monoisotopic (exact) mass is 381 g/mol. The average molecular weight is 381 g/mol. The standard InChI is InChI=1S/C19H23N7O2/c1-12(2)7-16-22-23-17-9-28-19(11-26(16)17)5-6-25(10-19)18(27)13-3-4-14-15(8-13)21-24-20-14/h3-4,8,12H,5-7,9-11H2,1-2H3,(H,20,21,24). The summed E-state index contributed by atoms with van der Waals surface area (Å²) in [5, 5.41) is 19.3. The summed E-state index contributed by atoms with van der Waals surface area (Å²) in [6.45, 7) is 6.74. The molecule has 1 N–H and O–H groups in total. The Morgan fingerprint density at radius 1 is 1.25 bits per heavy atom. The summed E-state index contributed by atoms with van der Waals surface area (Å²) >= 11 is 0. The maximum absolute atomic E-state index is 13.0. The van der Waals surface area contributed by atoms with Crippen molar-refractivity contribution in [1.82, 2.24) is 35.1 Å². The molecule has 1 atom stereocenters. The summed E-state index contributed by atoms with van der Waals surface area (Å²) in [6, 6.07) is 5.40. The van der Waals surface area contributed by atoms with Crippen LogP contribution in [0.2, 0.25) is 0 Å². The van der Waals surface area contributed by atoms with E-state index in [1.54, 1.807) is 12.1 Å². The molecule has 1 unspecified atom stereocenters. The van der Waals surface area contributed by atoms with Gasteiger partial charge in [-0.15, -0.1) is 10.2 Å². The first kappa shape index (κ1) is 17.3. The number of ether oxygens (including phenoxy) is 1. The molecular weight excluding hydrogens is 358 g/mol. The Morgan fingerprint density at radius 2 is 2.11 bits per heavy atom. The Hall–Kier alpha value is -2.81. The third kappa shape index (κ3) is 2.86. The number of amides is 1. The van der Waals surface area contributed by atoms with Crippen LogP contribution in [0.4, 0.5) is 0 Å². The molecule has 2 aromatic heterocycles. The van der Waals surface area contributed by atoms with Crippen molar-refractivity contribution in [3.63, 3.8) is 0 Å². The minimum absolute atomic E-state index is 0.00216. The number of fused-ring (bicyclic) bond motifs is 2. The van der Waals surface area contributed by atoms with Gasteiger partial charge in [0.25, 0.3) is 5.91 Å². The maximum atomic E-state index is 13.0. The molecule has 0 aliphatic carbocycles. The highest BCUT2D eigenvalue weighted by Gasteiger charge is 2.44. The Morgan fingerprint density at radius 3 is 2.96 bits per heavy atom. The molecule has 5 rings (SSSR count). The number of hydrogen-bond donors (Lipinski definition) is 1. The first-order chi connectivity index (χ1) is 13.5. The van der Waals surface area contributed by atoms with Gasteiger partial charge in [0.1, 0.15) is 29.1 Å². The largest absolute Gasteiger partial charge is 0.363 e. The predicted molar refractivity (Wildman–Crippen MR) is 100 cm³/mol. The fourth-order valence-corrected chi connectivity index (χ4v) is 4.15. The van der Waals surface area contributed by atoms with Crippen LogP contribution in [0.15, 0.2) is 18.2 Å². The quantitative estimate of drug-likeness (QED) is 0.739. The lowest BCUT2D eigenvalue weighted by Gasteiger charge is -2.34. The molecule has 1 fully saturated rings. The van der Waals surface area contributed by atoms with E-state index in [1.807, 2.05) is 11.0 Å². The van der Waals surface area contributed by atoms with Crippen molar-refractivity contribution in [3.8, 4) is 0 Å². The number of aromatic amines is 1. The first-order valence-electron chi connectivity index (χ1n) is 9.68. The number of hydrogen-bond acceptors (Lipinski definition) is 6. The number of carbonyl (C=O) groups is 1. The Bertz CT molecular complexity index is 1040. The zero-order valence-corrected chi connectivity index (χ0v) is 16.1. The van der Waals surface area contributed by atoms with Crippen LogP contribution < -0.4 is 0 Å². The van der Waals surface area contributed by atoms with Gasteiger partial charge in [-0.25, -0.2) is 0 Å². The molecule has 1 spiro atoms. The van der Waals surface area contributed by atoms with Crippen LogP contribution in [0, 0.1) is 5.92 Å². The summed E-state index contributed by atoms with van der Waals surface area (Å²) in [7, 11) is 0. The third-order valence-corrected chi connectivity index (χ3v) is 5.62. The van der Waals surface area contributed by atoms with E-state index in [1.165, 1.54) is 0 Å². The van der Waals surface area contributed by atoms with Crippen molar-refractivity contribution >= 4 is 16.9 Å². The van der Waals surface area contributed by atoms with E-state index in [9.17, 15) is 4.79 Å². The van der Waals surface area contributed by atoms with Crippen LogP contribution in [-0.2, 0) is 24.3 Å². The molecule has 4 heterocycles.